The Morgan fingerprint density at radius 1 is 1.33 bits per heavy atom. The average Bonchev–Trinajstić information content (AvgIpc) is 2.37. The Balaban J connectivity index is 2.96. The second-order valence-corrected chi connectivity index (χ2v) is 7.49. The Morgan fingerprint density at radius 2 is 2.00 bits per heavy atom. The van der Waals surface area contributed by atoms with Crippen molar-refractivity contribution < 1.29 is 9.00 Å². The maximum atomic E-state index is 12.2. The zero-order valence-electron chi connectivity index (χ0n) is 13.4. The van der Waals surface area contributed by atoms with E-state index in [4.69, 9.17) is 0 Å². The summed E-state index contributed by atoms with van der Waals surface area (Å²) in [7, 11) is -0.904. The van der Waals surface area contributed by atoms with Crippen molar-refractivity contribution in [3.63, 3.8) is 0 Å². The number of carbonyl (C=O) groups excluding carboxylic acids is 1. The Bertz CT molecular complexity index is 524. The van der Waals surface area contributed by atoms with Crippen molar-refractivity contribution in [2.45, 2.75) is 33.1 Å². The summed E-state index contributed by atoms with van der Waals surface area (Å²) in [5.41, 5.74) is 1.31. The van der Waals surface area contributed by atoms with Gasteiger partial charge in [-0.2, -0.15) is 0 Å². The van der Waals surface area contributed by atoms with Crippen LogP contribution in [-0.2, 0) is 16.2 Å². The third-order valence-corrected chi connectivity index (χ3v) is 3.67. The van der Waals surface area contributed by atoms with Crippen LogP contribution in [0.25, 0.3) is 0 Å². The fourth-order valence-electron chi connectivity index (χ4n) is 1.73. The van der Waals surface area contributed by atoms with Crippen LogP contribution in [0.2, 0.25) is 0 Å². The van der Waals surface area contributed by atoms with Gasteiger partial charge in [-0.05, 0) is 19.1 Å². The van der Waals surface area contributed by atoms with Crippen LogP contribution in [0.1, 0.15) is 43.7 Å². The van der Waals surface area contributed by atoms with Gasteiger partial charge in [-0.25, -0.2) is 4.98 Å². The minimum atomic E-state index is -0.904. The first kappa shape index (κ1) is 17.6. The molecular formula is C15H25N3O2S. The Hall–Kier alpha value is -1.43. The van der Waals surface area contributed by atoms with Crippen molar-refractivity contribution >= 4 is 22.5 Å². The van der Waals surface area contributed by atoms with Gasteiger partial charge in [0.2, 0.25) is 0 Å². The summed E-state index contributed by atoms with van der Waals surface area (Å²) in [6, 6.07) is 3.57. The fourth-order valence-corrected chi connectivity index (χ4v) is 2.12. The topological polar surface area (TPSA) is 71.1 Å². The van der Waals surface area contributed by atoms with Gasteiger partial charge in [0.15, 0.2) is 0 Å². The number of hydrogen-bond donors (Lipinski definition) is 2. The molecule has 118 valence electrons. The molecule has 1 unspecified atom stereocenters. The first-order chi connectivity index (χ1) is 9.74. The Morgan fingerprint density at radius 3 is 2.52 bits per heavy atom. The zero-order chi connectivity index (χ0) is 16.0. The molecule has 6 heteroatoms. The third kappa shape index (κ3) is 5.83. The number of rotatable bonds is 6. The van der Waals surface area contributed by atoms with Crippen LogP contribution in [0.3, 0.4) is 0 Å². The van der Waals surface area contributed by atoms with Crippen LogP contribution < -0.4 is 10.6 Å². The second kappa shape index (κ2) is 7.54. The zero-order valence-corrected chi connectivity index (χ0v) is 14.3. The van der Waals surface area contributed by atoms with E-state index in [0.29, 0.717) is 23.7 Å². The van der Waals surface area contributed by atoms with Crippen LogP contribution in [0.5, 0.6) is 0 Å². The Labute approximate surface area is 129 Å². The van der Waals surface area contributed by atoms with Gasteiger partial charge in [-0.3, -0.25) is 9.00 Å². The van der Waals surface area contributed by atoms with E-state index in [9.17, 15) is 9.00 Å². The fraction of sp³-hybridized carbons (Fsp3) is 0.600. The summed E-state index contributed by atoms with van der Waals surface area (Å²) in [4.78, 5) is 16.7. The number of carbonyl (C=O) groups is 1. The molecule has 0 spiro atoms. The van der Waals surface area contributed by atoms with E-state index in [2.05, 4.69) is 36.4 Å². The van der Waals surface area contributed by atoms with Crippen LogP contribution >= 0.6 is 0 Å². The second-order valence-electron chi connectivity index (χ2n) is 5.94. The molecule has 21 heavy (non-hydrogen) atoms. The molecule has 0 bridgehead atoms. The number of aromatic nitrogens is 1. The van der Waals surface area contributed by atoms with E-state index in [1.807, 2.05) is 13.0 Å². The summed E-state index contributed by atoms with van der Waals surface area (Å²) >= 11 is 0. The van der Waals surface area contributed by atoms with E-state index in [-0.39, 0.29) is 11.3 Å². The standard InChI is InChI=1S/C15H25N3O2S/c1-6-16-13-10-11(9-12(18-13)15(2,3)4)14(19)17-7-8-21(5)20/h9-10H,6-8H2,1-5H3,(H,16,18)(H,17,19). The van der Waals surface area contributed by atoms with Gasteiger partial charge >= 0.3 is 0 Å². The number of amides is 1. The molecule has 1 atom stereocenters. The van der Waals surface area contributed by atoms with Crippen molar-refractivity contribution in [2.75, 3.05) is 30.4 Å². The van der Waals surface area contributed by atoms with Gasteiger partial charge in [0.05, 0.1) is 0 Å². The number of nitrogens with zero attached hydrogens (tertiary/aromatic N) is 1. The minimum absolute atomic E-state index is 0.134. The molecule has 0 saturated heterocycles. The van der Waals surface area contributed by atoms with Crippen LogP contribution in [0, 0.1) is 0 Å². The molecule has 0 aliphatic carbocycles. The first-order valence-corrected chi connectivity index (χ1v) is 8.81. The lowest BCUT2D eigenvalue weighted by Gasteiger charge is -2.20. The first-order valence-electron chi connectivity index (χ1n) is 7.08. The summed E-state index contributed by atoms with van der Waals surface area (Å²) in [6.07, 6.45) is 1.62. The minimum Gasteiger partial charge on any atom is -0.370 e. The lowest BCUT2D eigenvalue weighted by atomic mass is 9.90. The lowest BCUT2D eigenvalue weighted by molar-refractivity contribution is 0.0956. The molecule has 2 N–H and O–H groups in total. The van der Waals surface area contributed by atoms with Gasteiger partial charge in [0.1, 0.15) is 5.82 Å². The van der Waals surface area contributed by atoms with E-state index in [1.54, 1.807) is 12.3 Å². The van der Waals surface area contributed by atoms with Gasteiger partial charge < -0.3 is 10.6 Å². The molecule has 1 aromatic rings. The predicted molar refractivity (Wildman–Crippen MR) is 88.4 cm³/mol. The number of pyridine rings is 1. The molecule has 1 aromatic heterocycles. The highest BCUT2D eigenvalue weighted by Gasteiger charge is 2.19. The van der Waals surface area contributed by atoms with Crippen molar-refractivity contribution in [3.8, 4) is 0 Å². The smallest absolute Gasteiger partial charge is 0.251 e. The van der Waals surface area contributed by atoms with E-state index in [1.165, 1.54) is 0 Å². The quantitative estimate of drug-likeness (QED) is 0.842. The van der Waals surface area contributed by atoms with Crippen LogP contribution in [-0.4, -0.2) is 40.2 Å². The summed E-state index contributed by atoms with van der Waals surface area (Å²) in [6.45, 7) is 9.33. The lowest BCUT2D eigenvalue weighted by Crippen LogP contribution is -2.28. The van der Waals surface area contributed by atoms with E-state index < -0.39 is 10.8 Å². The molecule has 0 aliphatic heterocycles. The molecule has 0 fully saturated rings. The van der Waals surface area contributed by atoms with Gasteiger partial charge in [-0.15, -0.1) is 0 Å². The maximum absolute atomic E-state index is 12.2. The largest absolute Gasteiger partial charge is 0.370 e. The van der Waals surface area contributed by atoms with Crippen molar-refractivity contribution in [1.82, 2.24) is 10.3 Å². The summed E-state index contributed by atoms with van der Waals surface area (Å²) < 4.78 is 11.0. The molecule has 1 amide bonds. The normalized spacial score (nSPS) is 12.8. The molecule has 1 rings (SSSR count). The average molecular weight is 311 g/mol. The SMILES string of the molecule is CCNc1cc(C(=O)NCCS(C)=O)cc(C(C)(C)C)n1. The van der Waals surface area contributed by atoms with Gasteiger partial charge in [0.25, 0.3) is 5.91 Å². The highest BCUT2D eigenvalue weighted by molar-refractivity contribution is 7.84. The molecule has 0 saturated carbocycles. The molecule has 0 aliphatic rings. The molecular weight excluding hydrogens is 286 g/mol. The van der Waals surface area contributed by atoms with Crippen LogP contribution in [0.15, 0.2) is 12.1 Å². The van der Waals surface area contributed by atoms with Crippen molar-refractivity contribution in [1.29, 1.82) is 0 Å². The monoisotopic (exact) mass is 311 g/mol. The maximum Gasteiger partial charge on any atom is 0.251 e. The van der Waals surface area contributed by atoms with Crippen molar-refractivity contribution in [2.24, 2.45) is 0 Å². The molecule has 1 heterocycles. The van der Waals surface area contributed by atoms with Crippen molar-refractivity contribution in [3.05, 3.63) is 23.4 Å². The van der Waals surface area contributed by atoms with E-state index >= 15 is 0 Å². The van der Waals surface area contributed by atoms with Crippen LogP contribution in [0.4, 0.5) is 5.82 Å². The highest BCUT2D eigenvalue weighted by Crippen LogP contribution is 2.23. The number of hydrogen-bond acceptors (Lipinski definition) is 4. The van der Waals surface area contributed by atoms with Gasteiger partial charge in [0, 0.05) is 52.6 Å². The predicted octanol–water partition coefficient (Wildman–Crippen LogP) is 1.92. The van der Waals surface area contributed by atoms with Gasteiger partial charge in [-0.1, -0.05) is 20.8 Å². The number of anilines is 1. The summed E-state index contributed by atoms with van der Waals surface area (Å²) in [5, 5.41) is 5.94. The Kier molecular flexibility index (Phi) is 6.33. The highest BCUT2D eigenvalue weighted by atomic mass is 32.2. The summed E-state index contributed by atoms with van der Waals surface area (Å²) in [5.74, 6) is 1.00. The third-order valence-electron chi connectivity index (χ3n) is 2.89. The molecule has 0 aromatic carbocycles. The number of nitrogens with one attached hydrogen (secondary N) is 2. The molecule has 0 radical (unpaired) electrons. The molecule has 5 nitrogen and oxygen atoms in total. The van der Waals surface area contributed by atoms with E-state index in [0.717, 1.165) is 12.2 Å².